The molecule has 64 heavy (non-hydrogen) atoms. The van der Waals surface area contributed by atoms with Gasteiger partial charge in [0.25, 0.3) is 0 Å². The van der Waals surface area contributed by atoms with E-state index in [1.165, 1.54) is 154 Å². The minimum atomic E-state index is -1.58. The second-order valence-electron chi connectivity index (χ2n) is 18.7. The van der Waals surface area contributed by atoms with Gasteiger partial charge in [-0.2, -0.15) is 0 Å². The van der Waals surface area contributed by atoms with Crippen LogP contribution in [0, 0.1) is 0 Å². The van der Waals surface area contributed by atoms with Crippen molar-refractivity contribution < 1.29 is 39.8 Å². The van der Waals surface area contributed by atoms with Crippen molar-refractivity contribution in [2.45, 2.75) is 281 Å². The van der Waals surface area contributed by atoms with Gasteiger partial charge in [0.2, 0.25) is 5.91 Å². The number of rotatable bonds is 45. The van der Waals surface area contributed by atoms with Crippen molar-refractivity contribution in [1.29, 1.82) is 0 Å². The van der Waals surface area contributed by atoms with Crippen LogP contribution >= 0.6 is 0 Å². The highest BCUT2D eigenvalue weighted by Gasteiger charge is 2.44. The molecular formula is C55H101NO8. The Morgan fingerprint density at radius 2 is 0.938 bits per heavy atom. The average molecular weight is 904 g/mol. The fraction of sp³-hybridized carbons (Fsp3) is 0.836. The van der Waals surface area contributed by atoms with E-state index in [-0.39, 0.29) is 12.5 Å². The zero-order valence-corrected chi connectivity index (χ0v) is 41.3. The normalized spacial score (nSPS) is 20.4. The minimum Gasteiger partial charge on any atom is -0.394 e. The molecule has 0 aromatic rings. The van der Waals surface area contributed by atoms with Crippen LogP contribution in [0.5, 0.6) is 0 Å². The van der Waals surface area contributed by atoms with Gasteiger partial charge in [-0.1, -0.05) is 217 Å². The van der Waals surface area contributed by atoms with Gasteiger partial charge in [-0.25, -0.2) is 0 Å². The number of aliphatic hydroxyl groups excluding tert-OH is 5. The zero-order valence-electron chi connectivity index (χ0n) is 41.3. The molecule has 0 aliphatic carbocycles. The lowest BCUT2D eigenvalue weighted by Crippen LogP contribution is -2.60. The Morgan fingerprint density at radius 3 is 1.42 bits per heavy atom. The summed E-state index contributed by atoms with van der Waals surface area (Å²) in [6.45, 7) is 3.75. The quantitative estimate of drug-likeness (QED) is 0.0261. The molecule has 7 unspecified atom stereocenters. The highest BCUT2D eigenvalue weighted by molar-refractivity contribution is 5.76. The van der Waals surface area contributed by atoms with Crippen LogP contribution in [0.1, 0.15) is 239 Å². The molecule has 1 amide bonds. The average Bonchev–Trinajstić information content (AvgIpc) is 3.29. The van der Waals surface area contributed by atoms with Gasteiger partial charge in [-0.05, 0) is 64.2 Å². The van der Waals surface area contributed by atoms with Crippen LogP contribution in [0.15, 0.2) is 48.6 Å². The molecule has 6 N–H and O–H groups in total. The molecule has 1 heterocycles. The first kappa shape index (κ1) is 60.2. The maximum Gasteiger partial charge on any atom is 0.220 e. The van der Waals surface area contributed by atoms with Gasteiger partial charge in [0.1, 0.15) is 24.4 Å². The maximum absolute atomic E-state index is 13.0. The van der Waals surface area contributed by atoms with E-state index in [2.05, 4.69) is 55.6 Å². The third-order valence-electron chi connectivity index (χ3n) is 12.6. The molecule has 1 aliphatic rings. The molecule has 9 nitrogen and oxygen atoms in total. The van der Waals surface area contributed by atoms with Crippen molar-refractivity contribution in [2.75, 3.05) is 13.2 Å². The number of unbranched alkanes of at least 4 members (excludes halogenated alkanes) is 29. The highest BCUT2D eigenvalue weighted by atomic mass is 16.7. The van der Waals surface area contributed by atoms with Crippen LogP contribution in [-0.4, -0.2) is 87.5 Å². The first-order valence-corrected chi connectivity index (χ1v) is 26.9. The van der Waals surface area contributed by atoms with Crippen molar-refractivity contribution in [1.82, 2.24) is 5.32 Å². The first-order chi connectivity index (χ1) is 31.3. The number of hydrogen-bond donors (Lipinski definition) is 6. The minimum absolute atomic E-state index is 0.200. The molecular weight excluding hydrogens is 803 g/mol. The molecule has 0 aromatic heterocycles. The number of carbonyl (C=O) groups excluding carboxylic acids is 1. The van der Waals surface area contributed by atoms with Gasteiger partial charge in [0.05, 0.1) is 25.4 Å². The van der Waals surface area contributed by atoms with Crippen LogP contribution in [0.25, 0.3) is 0 Å². The summed E-state index contributed by atoms with van der Waals surface area (Å²) in [5, 5.41) is 54.3. The number of ether oxygens (including phenoxy) is 2. The van der Waals surface area contributed by atoms with E-state index >= 15 is 0 Å². The summed E-state index contributed by atoms with van der Waals surface area (Å²) in [5.41, 5.74) is 0. The van der Waals surface area contributed by atoms with Crippen molar-refractivity contribution in [2.24, 2.45) is 0 Å². The van der Waals surface area contributed by atoms with E-state index in [4.69, 9.17) is 9.47 Å². The molecule has 374 valence electrons. The Bertz CT molecular complexity index is 1140. The fourth-order valence-electron chi connectivity index (χ4n) is 8.32. The lowest BCUT2D eigenvalue weighted by molar-refractivity contribution is -0.302. The van der Waals surface area contributed by atoms with Gasteiger partial charge in [0.15, 0.2) is 6.29 Å². The Kier molecular flexibility index (Phi) is 42.3. The number of carbonyl (C=O) groups is 1. The molecule has 1 aliphatic heterocycles. The van der Waals surface area contributed by atoms with Crippen LogP contribution in [0.3, 0.4) is 0 Å². The van der Waals surface area contributed by atoms with Crippen LogP contribution < -0.4 is 5.32 Å². The summed E-state index contributed by atoms with van der Waals surface area (Å²) in [6, 6.07) is -0.830. The van der Waals surface area contributed by atoms with Gasteiger partial charge in [-0.15, -0.1) is 0 Å². The second-order valence-corrected chi connectivity index (χ2v) is 18.7. The standard InChI is InChI=1S/C55H101NO8/c1-3-5-7-9-11-13-15-17-19-21-22-23-24-25-26-27-28-29-30-32-34-36-38-40-42-44-49(58)48(47-63-55-54(62)53(61)52(60)50(46-57)64-55)56-51(59)45-43-41-39-37-35-33-31-20-18-16-14-12-10-8-6-4-2/h14,16,20,31,34,36,42,44,48-50,52-55,57-58,60-62H,3-13,15,17-19,21-30,32-33,35,37-41,43,45-47H2,1-2H3,(H,56,59)/b16-14-,31-20-,36-34+,44-42+. The summed E-state index contributed by atoms with van der Waals surface area (Å²) in [5.74, 6) is -0.200. The predicted octanol–water partition coefficient (Wildman–Crippen LogP) is 12.6. The van der Waals surface area contributed by atoms with Crippen LogP contribution in [-0.2, 0) is 14.3 Å². The number of aliphatic hydroxyl groups is 5. The Morgan fingerprint density at radius 1 is 0.531 bits per heavy atom. The van der Waals surface area contributed by atoms with Crippen LogP contribution in [0.2, 0.25) is 0 Å². The summed E-state index contributed by atoms with van der Waals surface area (Å²) >= 11 is 0. The van der Waals surface area contributed by atoms with Gasteiger partial charge < -0.3 is 40.3 Å². The number of nitrogens with one attached hydrogen (secondary N) is 1. The van der Waals surface area contributed by atoms with E-state index in [9.17, 15) is 30.3 Å². The SMILES string of the molecule is CCCCCC/C=C\C/C=C\CCCCCCCC(=O)NC(COC1OC(CO)C(O)C(O)C1O)C(O)/C=C/CC/C=C/CCCCCCCCCCCCCCCCCCCCC. The largest absolute Gasteiger partial charge is 0.394 e. The molecule has 1 rings (SSSR count). The van der Waals surface area contributed by atoms with E-state index < -0.39 is 49.5 Å². The third-order valence-corrected chi connectivity index (χ3v) is 12.6. The Hall–Kier alpha value is -1.85. The zero-order chi connectivity index (χ0) is 46.6. The fourth-order valence-corrected chi connectivity index (χ4v) is 8.32. The monoisotopic (exact) mass is 904 g/mol. The smallest absolute Gasteiger partial charge is 0.220 e. The van der Waals surface area contributed by atoms with Gasteiger partial charge in [0, 0.05) is 6.42 Å². The molecule has 0 bridgehead atoms. The number of hydrogen-bond acceptors (Lipinski definition) is 8. The molecule has 9 heteroatoms. The van der Waals surface area contributed by atoms with Crippen molar-refractivity contribution in [3.8, 4) is 0 Å². The van der Waals surface area contributed by atoms with Crippen molar-refractivity contribution in [3.05, 3.63) is 48.6 Å². The maximum atomic E-state index is 13.0. The third kappa shape index (κ3) is 34.5. The topological polar surface area (TPSA) is 149 Å². The summed E-state index contributed by atoms with van der Waals surface area (Å²) in [4.78, 5) is 13.0. The highest BCUT2D eigenvalue weighted by Crippen LogP contribution is 2.23. The van der Waals surface area contributed by atoms with Crippen LogP contribution in [0.4, 0.5) is 0 Å². The van der Waals surface area contributed by atoms with E-state index in [0.717, 1.165) is 64.2 Å². The predicted molar refractivity (Wildman–Crippen MR) is 267 cm³/mol. The summed E-state index contributed by atoms with van der Waals surface area (Å²) in [6.07, 6.45) is 51.7. The van der Waals surface area contributed by atoms with E-state index in [1.807, 2.05) is 6.08 Å². The van der Waals surface area contributed by atoms with Gasteiger partial charge in [-0.3, -0.25) is 4.79 Å². The molecule has 1 saturated heterocycles. The molecule has 0 spiro atoms. The molecule has 0 aromatic carbocycles. The second kappa shape index (κ2) is 45.0. The van der Waals surface area contributed by atoms with E-state index in [1.54, 1.807) is 6.08 Å². The van der Waals surface area contributed by atoms with Crippen molar-refractivity contribution in [3.63, 3.8) is 0 Å². The molecule has 0 radical (unpaired) electrons. The van der Waals surface area contributed by atoms with Gasteiger partial charge >= 0.3 is 0 Å². The number of allylic oxidation sites excluding steroid dienone is 7. The molecule has 0 saturated carbocycles. The first-order valence-electron chi connectivity index (χ1n) is 26.9. The summed E-state index contributed by atoms with van der Waals surface area (Å²) in [7, 11) is 0. The Labute approximate surface area is 393 Å². The Balaban J connectivity index is 2.29. The van der Waals surface area contributed by atoms with Crippen molar-refractivity contribution >= 4 is 5.91 Å². The summed E-state index contributed by atoms with van der Waals surface area (Å²) < 4.78 is 11.2. The molecule has 7 atom stereocenters. The van der Waals surface area contributed by atoms with E-state index in [0.29, 0.717) is 6.42 Å². The molecule has 1 fully saturated rings. The lowest BCUT2D eigenvalue weighted by Gasteiger charge is -2.40. The lowest BCUT2D eigenvalue weighted by atomic mass is 9.99. The number of amides is 1.